The number of H-pyrrole nitrogens is 1. The standard InChI is InChI=1S/C27H27FN4O2/c1-31-8-10-32(11-9-31)27(18-2-5-23(28)6-3-18)22-13-21(16-29-17-22)19-4-7-25-20(12-19)14-24(30-25)15-26(33)34/h2-7,12-14,16-17,27,30H,8-11,15H2,1H3,(H,33,34). The number of nitrogens with one attached hydrogen (secondary N) is 1. The average molecular weight is 459 g/mol. The van der Waals surface area contributed by atoms with Crippen LogP contribution in [0.5, 0.6) is 0 Å². The highest BCUT2D eigenvalue weighted by Crippen LogP contribution is 2.32. The molecule has 7 heteroatoms. The lowest BCUT2D eigenvalue weighted by Crippen LogP contribution is -2.46. The summed E-state index contributed by atoms with van der Waals surface area (Å²) in [7, 11) is 2.13. The van der Waals surface area contributed by atoms with E-state index in [9.17, 15) is 9.18 Å². The number of carbonyl (C=O) groups is 1. The fourth-order valence-corrected chi connectivity index (χ4v) is 4.73. The van der Waals surface area contributed by atoms with Crippen LogP contribution in [-0.2, 0) is 11.2 Å². The molecule has 5 rings (SSSR count). The van der Waals surface area contributed by atoms with E-state index in [-0.39, 0.29) is 18.3 Å². The Labute approximate surface area is 197 Å². The highest BCUT2D eigenvalue weighted by molar-refractivity contribution is 5.86. The first-order valence-corrected chi connectivity index (χ1v) is 11.4. The second kappa shape index (κ2) is 9.37. The summed E-state index contributed by atoms with van der Waals surface area (Å²) in [5.74, 6) is -1.10. The Balaban J connectivity index is 1.51. The smallest absolute Gasteiger partial charge is 0.309 e. The summed E-state index contributed by atoms with van der Waals surface area (Å²) in [6, 6.07) is 16.8. The molecule has 0 spiro atoms. The Morgan fingerprint density at radius 1 is 1.00 bits per heavy atom. The first-order valence-electron chi connectivity index (χ1n) is 11.4. The number of aromatic amines is 1. The zero-order chi connectivity index (χ0) is 23.7. The zero-order valence-corrected chi connectivity index (χ0v) is 19.0. The van der Waals surface area contributed by atoms with Crippen LogP contribution >= 0.6 is 0 Å². The van der Waals surface area contributed by atoms with Crippen LogP contribution in [0.2, 0.25) is 0 Å². The number of nitrogens with zero attached hydrogens (tertiary/aromatic N) is 3. The molecule has 3 heterocycles. The summed E-state index contributed by atoms with van der Waals surface area (Å²) in [4.78, 5) is 23.5. The number of carboxylic acids is 1. The molecule has 174 valence electrons. The Bertz CT molecular complexity index is 1310. The fraction of sp³-hybridized carbons (Fsp3) is 0.259. The van der Waals surface area contributed by atoms with Crippen LogP contribution in [0.25, 0.3) is 22.0 Å². The summed E-state index contributed by atoms with van der Waals surface area (Å²) in [5.41, 5.74) is 5.70. The number of benzene rings is 2. The van der Waals surface area contributed by atoms with Gasteiger partial charge in [-0.2, -0.15) is 0 Å². The maximum absolute atomic E-state index is 13.7. The van der Waals surface area contributed by atoms with Crippen molar-refractivity contribution < 1.29 is 14.3 Å². The molecule has 0 radical (unpaired) electrons. The number of aromatic nitrogens is 2. The molecule has 1 fully saturated rings. The molecule has 1 saturated heterocycles. The number of pyridine rings is 1. The molecule has 2 aromatic carbocycles. The molecule has 34 heavy (non-hydrogen) atoms. The van der Waals surface area contributed by atoms with Gasteiger partial charge in [0.2, 0.25) is 0 Å². The van der Waals surface area contributed by atoms with Gasteiger partial charge >= 0.3 is 5.97 Å². The molecular formula is C27H27FN4O2. The molecule has 1 aliphatic rings. The molecule has 1 unspecified atom stereocenters. The van der Waals surface area contributed by atoms with Gasteiger partial charge in [-0.05, 0) is 60.1 Å². The van der Waals surface area contributed by atoms with E-state index in [1.165, 1.54) is 12.1 Å². The third kappa shape index (κ3) is 4.71. The second-order valence-corrected chi connectivity index (χ2v) is 8.97. The Morgan fingerprint density at radius 2 is 1.76 bits per heavy atom. The topological polar surface area (TPSA) is 72.5 Å². The van der Waals surface area contributed by atoms with Crippen LogP contribution < -0.4 is 0 Å². The van der Waals surface area contributed by atoms with Crippen LogP contribution in [0.4, 0.5) is 4.39 Å². The molecule has 2 aromatic heterocycles. The van der Waals surface area contributed by atoms with E-state index in [4.69, 9.17) is 5.11 Å². The summed E-state index contributed by atoms with van der Waals surface area (Å²) >= 11 is 0. The van der Waals surface area contributed by atoms with Crippen LogP contribution in [0, 0.1) is 5.82 Å². The maximum atomic E-state index is 13.7. The summed E-state index contributed by atoms with van der Waals surface area (Å²) in [6.45, 7) is 3.80. The van der Waals surface area contributed by atoms with Gasteiger partial charge in [-0.15, -0.1) is 0 Å². The number of likely N-dealkylation sites (N-methyl/N-ethyl adjacent to an activating group) is 1. The third-order valence-corrected chi connectivity index (χ3v) is 6.52. The summed E-state index contributed by atoms with van der Waals surface area (Å²) < 4.78 is 13.7. The van der Waals surface area contributed by atoms with Crippen molar-refractivity contribution in [1.29, 1.82) is 0 Å². The molecule has 0 amide bonds. The number of fused-ring (bicyclic) bond motifs is 1. The van der Waals surface area contributed by atoms with E-state index in [0.717, 1.165) is 59.3 Å². The summed E-state index contributed by atoms with van der Waals surface area (Å²) in [5, 5.41) is 10.0. The van der Waals surface area contributed by atoms with Gasteiger partial charge in [-0.3, -0.25) is 14.7 Å². The SMILES string of the molecule is CN1CCN(C(c2ccc(F)cc2)c2cncc(-c3ccc4[nH]c(CC(=O)O)cc4c3)c2)CC1. The zero-order valence-electron chi connectivity index (χ0n) is 19.0. The van der Waals surface area contributed by atoms with E-state index in [2.05, 4.69) is 38.9 Å². The van der Waals surface area contributed by atoms with Crippen molar-refractivity contribution in [2.75, 3.05) is 33.2 Å². The van der Waals surface area contributed by atoms with E-state index in [0.29, 0.717) is 5.69 Å². The molecule has 4 aromatic rings. The van der Waals surface area contributed by atoms with Gasteiger partial charge < -0.3 is 15.0 Å². The van der Waals surface area contributed by atoms with Gasteiger partial charge in [-0.1, -0.05) is 18.2 Å². The van der Waals surface area contributed by atoms with Crippen LogP contribution in [0.15, 0.2) is 67.0 Å². The van der Waals surface area contributed by atoms with Crippen molar-refractivity contribution in [2.24, 2.45) is 0 Å². The molecule has 0 bridgehead atoms. The number of hydrogen-bond donors (Lipinski definition) is 2. The average Bonchev–Trinajstić information content (AvgIpc) is 3.23. The van der Waals surface area contributed by atoms with Crippen molar-refractivity contribution in [3.63, 3.8) is 0 Å². The predicted molar refractivity (Wildman–Crippen MR) is 130 cm³/mol. The minimum Gasteiger partial charge on any atom is -0.481 e. The number of aliphatic carboxylic acids is 1. The normalized spacial score (nSPS) is 16.1. The van der Waals surface area contributed by atoms with E-state index >= 15 is 0 Å². The van der Waals surface area contributed by atoms with Gasteiger partial charge in [0, 0.05) is 60.7 Å². The third-order valence-electron chi connectivity index (χ3n) is 6.52. The molecule has 2 N–H and O–H groups in total. The van der Waals surface area contributed by atoms with E-state index < -0.39 is 5.97 Å². The fourth-order valence-electron chi connectivity index (χ4n) is 4.73. The maximum Gasteiger partial charge on any atom is 0.309 e. The van der Waals surface area contributed by atoms with Crippen LogP contribution in [0.3, 0.4) is 0 Å². The van der Waals surface area contributed by atoms with Gasteiger partial charge in [0.1, 0.15) is 5.82 Å². The molecule has 6 nitrogen and oxygen atoms in total. The van der Waals surface area contributed by atoms with Crippen molar-refractivity contribution in [3.8, 4) is 11.1 Å². The molecule has 1 atom stereocenters. The van der Waals surface area contributed by atoms with Crippen molar-refractivity contribution in [2.45, 2.75) is 12.5 Å². The highest BCUT2D eigenvalue weighted by Gasteiger charge is 2.26. The Morgan fingerprint density at radius 3 is 2.50 bits per heavy atom. The van der Waals surface area contributed by atoms with E-state index in [1.54, 1.807) is 0 Å². The quantitative estimate of drug-likeness (QED) is 0.450. The Kier molecular flexibility index (Phi) is 6.13. The van der Waals surface area contributed by atoms with Crippen LogP contribution in [-0.4, -0.2) is 64.1 Å². The van der Waals surface area contributed by atoms with Crippen molar-refractivity contribution in [1.82, 2.24) is 19.8 Å². The number of piperazine rings is 1. The van der Waals surface area contributed by atoms with Gasteiger partial charge in [0.25, 0.3) is 0 Å². The first kappa shape index (κ1) is 22.3. The van der Waals surface area contributed by atoms with Gasteiger partial charge in [0.05, 0.1) is 12.5 Å². The molecule has 0 saturated carbocycles. The highest BCUT2D eigenvalue weighted by atomic mass is 19.1. The predicted octanol–water partition coefficient (Wildman–Crippen LogP) is 4.33. The molecular weight excluding hydrogens is 431 g/mol. The minimum atomic E-state index is -0.862. The van der Waals surface area contributed by atoms with Crippen molar-refractivity contribution >= 4 is 16.9 Å². The van der Waals surface area contributed by atoms with Crippen LogP contribution in [0.1, 0.15) is 22.9 Å². The largest absolute Gasteiger partial charge is 0.481 e. The first-order chi connectivity index (χ1) is 16.5. The summed E-state index contributed by atoms with van der Waals surface area (Å²) in [6.07, 6.45) is 3.71. The second-order valence-electron chi connectivity index (χ2n) is 8.97. The van der Waals surface area contributed by atoms with Gasteiger partial charge in [0.15, 0.2) is 0 Å². The van der Waals surface area contributed by atoms with Crippen molar-refractivity contribution in [3.05, 3.63) is 89.6 Å². The molecule has 1 aliphatic heterocycles. The lowest BCUT2D eigenvalue weighted by Gasteiger charge is -2.38. The van der Waals surface area contributed by atoms with Gasteiger partial charge in [-0.25, -0.2) is 4.39 Å². The number of rotatable bonds is 6. The lowest BCUT2D eigenvalue weighted by molar-refractivity contribution is -0.136. The number of hydrogen-bond acceptors (Lipinski definition) is 4. The lowest BCUT2D eigenvalue weighted by atomic mass is 9.95. The minimum absolute atomic E-state index is 0.0140. The number of halogens is 1. The molecule has 0 aliphatic carbocycles. The van der Waals surface area contributed by atoms with E-state index in [1.807, 2.05) is 42.7 Å². The number of carboxylic acid groups (broad SMARTS) is 1. The monoisotopic (exact) mass is 458 g/mol. The Hall–Kier alpha value is -3.55.